The van der Waals surface area contributed by atoms with E-state index in [4.69, 9.17) is 0 Å². The Morgan fingerprint density at radius 1 is 0.375 bits per heavy atom. The standard InChI is InChI=1S/C45H30N2S/c1-48-33-23-21-32(22-24-33)47-41-16-7-5-13-39(41)45-37-25-27-42-44(36(37)26-28-43(45)47)38-12-4-6-15-40(38)46(42)31-19-17-30(18-20-31)35-14-8-10-29-9-2-3-11-34(29)35/h2-28H,1H3. The van der Waals surface area contributed by atoms with Gasteiger partial charge >= 0.3 is 0 Å². The highest BCUT2D eigenvalue weighted by Gasteiger charge is 2.19. The zero-order valence-electron chi connectivity index (χ0n) is 26.4. The molecule has 2 nitrogen and oxygen atoms in total. The van der Waals surface area contributed by atoms with E-state index in [1.165, 1.54) is 86.9 Å². The van der Waals surface area contributed by atoms with E-state index in [0.29, 0.717) is 0 Å². The van der Waals surface area contributed by atoms with Gasteiger partial charge in [0.25, 0.3) is 0 Å². The molecule has 0 fully saturated rings. The van der Waals surface area contributed by atoms with Crippen LogP contribution in [0.5, 0.6) is 0 Å². The van der Waals surface area contributed by atoms with Gasteiger partial charge in [0.1, 0.15) is 0 Å². The maximum atomic E-state index is 2.43. The van der Waals surface area contributed by atoms with Gasteiger partial charge in [-0.25, -0.2) is 0 Å². The third-order valence-corrected chi connectivity index (χ3v) is 10.8. The van der Waals surface area contributed by atoms with Crippen LogP contribution in [0.3, 0.4) is 0 Å². The number of hydrogen-bond donors (Lipinski definition) is 0. The Kier molecular flexibility index (Phi) is 6.06. The second kappa shape index (κ2) is 10.6. The fraction of sp³-hybridized carbons (Fsp3) is 0.0222. The first-order chi connectivity index (χ1) is 23.8. The molecule has 0 spiro atoms. The summed E-state index contributed by atoms with van der Waals surface area (Å²) in [6.45, 7) is 0. The molecule has 2 heterocycles. The molecule has 8 aromatic carbocycles. The summed E-state index contributed by atoms with van der Waals surface area (Å²) in [5.41, 5.74) is 9.73. The van der Waals surface area contributed by atoms with Crippen LogP contribution in [0.25, 0.3) is 87.7 Å². The number of benzene rings is 8. The molecular formula is C45H30N2S. The number of hydrogen-bond acceptors (Lipinski definition) is 1. The molecule has 0 aliphatic rings. The van der Waals surface area contributed by atoms with E-state index < -0.39 is 0 Å². The molecule has 0 atom stereocenters. The summed E-state index contributed by atoms with van der Waals surface area (Å²) in [7, 11) is 0. The van der Waals surface area contributed by atoms with Gasteiger partial charge in [-0.3, -0.25) is 0 Å². The second-order valence-corrected chi connectivity index (χ2v) is 13.4. The third-order valence-electron chi connectivity index (χ3n) is 10.0. The van der Waals surface area contributed by atoms with Crippen molar-refractivity contribution in [3.8, 4) is 22.5 Å². The second-order valence-electron chi connectivity index (χ2n) is 12.5. The highest BCUT2D eigenvalue weighted by molar-refractivity contribution is 7.98. The van der Waals surface area contributed by atoms with Crippen molar-refractivity contribution >= 4 is 76.9 Å². The first kappa shape index (κ1) is 27.4. The molecule has 0 unspecified atom stereocenters. The lowest BCUT2D eigenvalue weighted by molar-refractivity contribution is 1.17. The summed E-state index contributed by atoms with van der Waals surface area (Å²) >= 11 is 1.77. The van der Waals surface area contributed by atoms with Crippen molar-refractivity contribution in [2.45, 2.75) is 4.90 Å². The maximum Gasteiger partial charge on any atom is 0.0547 e. The molecule has 3 heteroatoms. The van der Waals surface area contributed by atoms with E-state index in [0.717, 1.165) is 5.69 Å². The lowest BCUT2D eigenvalue weighted by atomic mass is 9.98. The van der Waals surface area contributed by atoms with Crippen molar-refractivity contribution in [1.29, 1.82) is 0 Å². The summed E-state index contributed by atoms with van der Waals surface area (Å²) in [4.78, 5) is 1.27. The quantitative estimate of drug-likeness (QED) is 0.176. The smallest absolute Gasteiger partial charge is 0.0547 e. The number of para-hydroxylation sites is 2. The minimum Gasteiger partial charge on any atom is -0.309 e. The predicted octanol–water partition coefficient (Wildman–Crippen LogP) is 12.6. The molecule has 0 saturated heterocycles. The van der Waals surface area contributed by atoms with E-state index in [-0.39, 0.29) is 0 Å². The number of nitrogens with zero attached hydrogens (tertiary/aromatic N) is 2. The van der Waals surface area contributed by atoms with Crippen LogP contribution < -0.4 is 0 Å². The van der Waals surface area contributed by atoms with Gasteiger partial charge in [0.15, 0.2) is 0 Å². The number of thioether (sulfide) groups is 1. The third kappa shape index (κ3) is 3.95. The molecule has 226 valence electrons. The van der Waals surface area contributed by atoms with Crippen molar-refractivity contribution in [1.82, 2.24) is 9.13 Å². The first-order valence-corrected chi connectivity index (χ1v) is 17.6. The summed E-state index contributed by atoms with van der Waals surface area (Å²) in [6, 6.07) is 60.2. The van der Waals surface area contributed by atoms with Gasteiger partial charge < -0.3 is 9.13 Å². The monoisotopic (exact) mass is 630 g/mol. The number of aromatic nitrogens is 2. The molecule has 0 aliphatic carbocycles. The summed E-state index contributed by atoms with van der Waals surface area (Å²) in [6.07, 6.45) is 2.13. The van der Waals surface area contributed by atoms with Gasteiger partial charge in [-0.05, 0) is 99.6 Å². The highest BCUT2D eigenvalue weighted by atomic mass is 32.2. The topological polar surface area (TPSA) is 9.86 Å². The Morgan fingerprint density at radius 2 is 0.875 bits per heavy atom. The van der Waals surface area contributed by atoms with Crippen LogP contribution in [-0.2, 0) is 0 Å². The molecule has 0 bridgehead atoms. The molecular weight excluding hydrogens is 601 g/mol. The minimum absolute atomic E-state index is 1.16. The molecule has 10 aromatic rings. The van der Waals surface area contributed by atoms with Crippen LogP contribution in [0.15, 0.2) is 169 Å². The van der Waals surface area contributed by atoms with Crippen LogP contribution >= 0.6 is 11.8 Å². The zero-order valence-corrected chi connectivity index (χ0v) is 27.2. The van der Waals surface area contributed by atoms with Gasteiger partial charge in [0.2, 0.25) is 0 Å². The Balaban J connectivity index is 1.21. The Bertz CT molecular complexity index is 2850. The largest absolute Gasteiger partial charge is 0.309 e. The molecule has 0 radical (unpaired) electrons. The van der Waals surface area contributed by atoms with Gasteiger partial charge in [-0.15, -0.1) is 11.8 Å². The molecule has 10 rings (SSSR count). The lowest BCUT2D eigenvalue weighted by Crippen LogP contribution is -1.94. The van der Waals surface area contributed by atoms with E-state index in [1.54, 1.807) is 11.8 Å². The lowest BCUT2D eigenvalue weighted by Gasteiger charge is -2.11. The van der Waals surface area contributed by atoms with Crippen LogP contribution in [0.4, 0.5) is 0 Å². The van der Waals surface area contributed by atoms with Crippen molar-refractivity contribution in [3.63, 3.8) is 0 Å². The van der Waals surface area contributed by atoms with E-state index in [1.807, 2.05) is 0 Å². The number of rotatable bonds is 4. The highest BCUT2D eigenvalue weighted by Crippen LogP contribution is 2.42. The van der Waals surface area contributed by atoms with Crippen LogP contribution in [0.1, 0.15) is 0 Å². The summed E-state index contributed by atoms with van der Waals surface area (Å²) < 4.78 is 4.84. The van der Waals surface area contributed by atoms with Gasteiger partial charge in [-0.2, -0.15) is 0 Å². The van der Waals surface area contributed by atoms with E-state index >= 15 is 0 Å². The fourth-order valence-corrected chi connectivity index (χ4v) is 8.30. The van der Waals surface area contributed by atoms with Crippen molar-refractivity contribution < 1.29 is 0 Å². The summed E-state index contributed by atoms with van der Waals surface area (Å²) in [5.74, 6) is 0. The van der Waals surface area contributed by atoms with Crippen molar-refractivity contribution in [2.75, 3.05) is 6.26 Å². The first-order valence-electron chi connectivity index (χ1n) is 16.4. The van der Waals surface area contributed by atoms with Crippen molar-refractivity contribution in [2.24, 2.45) is 0 Å². The molecule has 48 heavy (non-hydrogen) atoms. The molecule has 0 saturated carbocycles. The van der Waals surface area contributed by atoms with Gasteiger partial charge in [-0.1, -0.05) is 103 Å². The molecule has 0 amide bonds. The minimum atomic E-state index is 1.16. The Labute approximate surface area is 282 Å². The van der Waals surface area contributed by atoms with Crippen LogP contribution in [-0.4, -0.2) is 15.4 Å². The van der Waals surface area contributed by atoms with Gasteiger partial charge in [0, 0.05) is 37.8 Å². The van der Waals surface area contributed by atoms with Crippen LogP contribution in [0, 0.1) is 0 Å². The Morgan fingerprint density at radius 3 is 1.46 bits per heavy atom. The summed E-state index contributed by atoms with van der Waals surface area (Å²) in [5, 5.41) is 10.2. The Hall–Kier alpha value is -5.77. The molecule has 0 N–H and O–H groups in total. The average Bonchev–Trinajstić information content (AvgIpc) is 3.68. The van der Waals surface area contributed by atoms with E-state index in [9.17, 15) is 0 Å². The van der Waals surface area contributed by atoms with Gasteiger partial charge in [0.05, 0.1) is 22.1 Å². The van der Waals surface area contributed by atoms with E-state index in [2.05, 4.69) is 179 Å². The van der Waals surface area contributed by atoms with Crippen LogP contribution in [0.2, 0.25) is 0 Å². The fourth-order valence-electron chi connectivity index (χ4n) is 7.90. The number of fused-ring (bicyclic) bond motifs is 10. The molecule has 2 aromatic heterocycles. The molecule has 0 aliphatic heterocycles. The zero-order chi connectivity index (χ0) is 31.8. The normalized spacial score (nSPS) is 11.9. The maximum absolute atomic E-state index is 2.43. The van der Waals surface area contributed by atoms with Crippen molar-refractivity contribution in [3.05, 3.63) is 164 Å². The average molecular weight is 631 g/mol. The SMILES string of the molecule is CSc1ccc(-n2c3ccccc3c3c4ccc5c(c4ccc32)c2ccccc2n5-c2ccc(-c3cccc4ccccc34)cc2)cc1. The predicted molar refractivity (Wildman–Crippen MR) is 207 cm³/mol.